The van der Waals surface area contributed by atoms with E-state index < -0.39 is 11.9 Å². The molecule has 0 saturated heterocycles. The molecule has 1 aromatic heterocycles. The van der Waals surface area contributed by atoms with E-state index in [9.17, 15) is 14.4 Å². The lowest BCUT2D eigenvalue weighted by atomic mass is 10.1. The summed E-state index contributed by atoms with van der Waals surface area (Å²) in [6.45, 7) is 6.21. The van der Waals surface area contributed by atoms with Crippen molar-refractivity contribution >= 4 is 45.1 Å². The molecule has 0 N–H and O–H groups in total. The molecule has 0 radical (unpaired) electrons. The van der Waals surface area contributed by atoms with Gasteiger partial charge in [-0.15, -0.1) is 0 Å². The first-order chi connectivity index (χ1) is 15.4. The van der Waals surface area contributed by atoms with Crippen LogP contribution in [0.15, 0.2) is 39.2 Å². The maximum atomic E-state index is 12.7. The SMILES string of the molecule is CCCCOc1ccc(C(=O)Oc2cc(C)c3oc(C=O)c(C(=O)OCC)c3c2Br)cc1. The zero-order chi connectivity index (χ0) is 23.3. The maximum absolute atomic E-state index is 12.7. The van der Waals surface area contributed by atoms with E-state index in [0.717, 1.165) is 12.8 Å². The van der Waals surface area contributed by atoms with Gasteiger partial charge in [0.1, 0.15) is 22.6 Å². The van der Waals surface area contributed by atoms with Crippen LogP contribution in [0.1, 0.15) is 63.5 Å². The van der Waals surface area contributed by atoms with Crippen LogP contribution in [0.4, 0.5) is 0 Å². The van der Waals surface area contributed by atoms with Gasteiger partial charge >= 0.3 is 11.9 Å². The van der Waals surface area contributed by atoms with Crippen molar-refractivity contribution < 1.29 is 33.0 Å². The number of hydrogen-bond donors (Lipinski definition) is 0. The molecule has 0 amide bonds. The number of esters is 2. The van der Waals surface area contributed by atoms with Crippen LogP contribution in [0.25, 0.3) is 11.0 Å². The predicted molar refractivity (Wildman–Crippen MR) is 122 cm³/mol. The Morgan fingerprint density at radius 3 is 2.47 bits per heavy atom. The lowest BCUT2D eigenvalue weighted by Gasteiger charge is -2.10. The number of furan rings is 1. The average molecular weight is 503 g/mol. The summed E-state index contributed by atoms with van der Waals surface area (Å²) in [4.78, 5) is 36.6. The van der Waals surface area contributed by atoms with Crippen molar-refractivity contribution in [2.75, 3.05) is 13.2 Å². The Morgan fingerprint density at radius 2 is 1.84 bits per heavy atom. The second-order valence-electron chi connectivity index (χ2n) is 7.01. The summed E-state index contributed by atoms with van der Waals surface area (Å²) in [7, 11) is 0. The minimum atomic E-state index is -0.699. The topological polar surface area (TPSA) is 92.0 Å². The first-order valence-corrected chi connectivity index (χ1v) is 11.0. The van der Waals surface area contributed by atoms with Gasteiger partial charge in [0.2, 0.25) is 0 Å². The van der Waals surface area contributed by atoms with Gasteiger partial charge in [-0.1, -0.05) is 13.3 Å². The number of unbranched alkanes of at least 4 members (excludes halogenated alkanes) is 1. The molecule has 1 heterocycles. The summed E-state index contributed by atoms with van der Waals surface area (Å²) < 4.78 is 22.1. The van der Waals surface area contributed by atoms with E-state index in [-0.39, 0.29) is 23.7 Å². The van der Waals surface area contributed by atoms with Crippen LogP contribution in [-0.4, -0.2) is 31.4 Å². The molecular weight excluding hydrogens is 480 g/mol. The largest absolute Gasteiger partial charge is 0.494 e. The third-order valence-corrected chi connectivity index (χ3v) is 5.51. The second-order valence-corrected chi connectivity index (χ2v) is 7.80. The first kappa shape index (κ1) is 23.5. The van der Waals surface area contributed by atoms with Gasteiger partial charge < -0.3 is 18.6 Å². The number of carbonyl (C=O) groups excluding carboxylic acids is 3. The Morgan fingerprint density at radius 1 is 1.12 bits per heavy atom. The van der Waals surface area contributed by atoms with Gasteiger partial charge in [0.15, 0.2) is 12.0 Å². The number of carbonyl (C=O) groups is 3. The minimum absolute atomic E-state index is 0.0155. The number of fused-ring (bicyclic) bond motifs is 1. The number of hydrogen-bond acceptors (Lipinski definition) is 7. The average Bonchev–Trinajstić information content (AvgIpc) is 3.19. The van der Waals surface area contributed by atoms with E-state index >= 15 is 0 Å². The van der Waals surface area contributed by atoms with Gasteiger partial charge in [-0.2, -0.15) is 0 Å². The number of halogens is 1. The highest BCUT2D eigenvalue weighted by Gasteiger charge is 2.27. The zero-order valence-electron chi connectivity index (χ0n) is 18.0. The van der Waals surface area contributed by atoms with Crippen LogP contribution in [0.5, 0.6) is 11.5 Å². The molecule has 3 rings (SSSR count). The van der Waals surface area contributed by atoms with E-state index in [2.05, 4.69) is 22.9 Å². The molecule has 0 unspecified atom stereocenters. The minimum Gasteiger partial charge on any atom is -0.494 e. The standard InChI is InChI=1S/C24H23BrO7/c1-4-6-11-30-16-9-7-15(8-10-16)23(27)32-17-12-14(3)22-20(21(17)25)19(18(13-26)31-22)24(28)29-5-2/h7-10,12-13H,4-6,11H2,1-3H3. The van der Waals surface area contributed by atoms with Crippen molar-refractivity contribution in [2.24, 2.45) is 0 Å². The summed E-state index contributed by atoms with van der Waals surface area (Å²) in [5.41, 5.74) is 1.24. The highest BCUT2D eigenvalue weighted by atomic mass is 79.9. The third-order valence-electron chi connectivity index (χ3n) is 4.72. The normalized spacial score (nSPS) is 10.8. The maximum Gasteiger partial charge on any atom is 0.343 e. The van der Waals surface area contributed by atoms with Gasteiger partial charge in [0, 0.05) is 0 Å². The van der Waals surface area contributed by atoms with E-state index in [1.165, 1.54) is 0 Å². The lowest BCUT2D eigenvalue weighted by Crippen LogP contribution is -2.10. The van der Waals surface area contributed by atoms with Crippen LogP contribution in [-0.2, 0) is 4.74 Å². The number of rotatable bonds is 9. The summed E-state index contributed by atoms with van der Waals surface area (Å²) in [5, 5.41) is 0.313. The van der Waals surface area contributed by atoms with Crippen molar-refractivity contribution in [1.82, 2.24) is 0 Å². The van der Waals surface area contributed by atoms with E-state index in [4.69, 9.17) is 18.6 Å². The van der Waals surface area contributed by atoms with E-state index in [1.54, 1.807) is 44.2 Å². The molecule has 168 valence electrons. The van der Waals surface area contributed by atoms with Crippen LogP contribution in [0, 0.1) is 6.92 Å². The Kier molecular flexibility index (Phi) is 7.69. The molecule has 3 aromatic rings. The molecular formula is C24H23BrO7. The predicted octanol–water partition coefficient (Wildman–Crippen LogP) is 5.89. The quantitative estimate of drug-likeness (QED) is 0.156. The third kappa shape index (κ3) is 4.85. The summed E-state index contributed by atoms with van der Waals surface area (Å²) in [6.07, 6.45) is 2.44. The Balaban J connectivity index is 1.93. The molecule has 0 aliphatic rings. The molecule has 8 heteroatoms. The van der Waals surface area contributed by atoms with Gasteiger partial charge in [-0.3, -0.25) is 4.79 Å². The smallest absolute Gasteiger partial charge is 0.343 e. The van der Waals surface area contributed by atoms with Gasteiger partial charge in [0.05, 0.1) is 28.6 Å². The summed E-state index contributed by atoms with van der Waals surface area (Å²) >= 11 is 3.40. The summed E-state index contributed by atoms with van der Waals surface area (Å²) in [5.74, 6) is -0.569. The van der Waals surface area contributed by atoms with Crippen molar-refractivity contribution in [3.05, 3.63) is 57.3 Å². The zero-order valence-corrected chi connectivity index (χ0v) is 19.6. The van der Waals surface area contributed by atoms with Crippen LogP contribution in [0.3, 0.4) is 0 Å². The van der Waals surface area contributed by atoms with Crippen LogP contribution >= 0.6 is 15.9 Å². The molecule has 0 fully saturated rings. The van der Waals surface area contributed by atoms with Crippen molar-refractivity contribution in [3.8, 4) is 11.5 Å². The second kappa shape index (κ2) is 10.5. The molecule has 7 nitrogen and oxygen atoms in total. The Bertz CT molecular complexity index is 1150. The molecule has 0 aliphatic heterocycles. The van der Waals surface area contributed by atoms with Crippen molar-refractivity contribution in [2.45, 2.75) is 33.6 Å². The van der Waals surface area contributed by atoms with E-state index in [0.29, 0.717) is 45.2 Å². The number of aldehydes is 1. The monoisotopic (exact) mass is 502 g/mol. The summed E-state index contributed by atoms with van der Waals surface area (Å²) in [6, 6.07) is 8.26. The van der Waals surface area contributed by atoms with Crippen LogP contribution < -0.4 is 9.47 Å². The highest BCUT2D eigenvalue weighted by Crippen LogP contribution is 2.40. The van der Waals surface area contributed by atoms with Gasteiger partial charge in [0.25, 0.3) is 0 Å². The molecule has 0 bridgehead atoms. The molecule has 0 atom stereocenters. The number of ether oxygens (including phenoxy) is 3. The van der Waals surface area contributed by atoms with Gasteiger partial charge in [-0.25, -0.2) is 9.59 Å². The van der Waals surface area contributed by atoms with Crippen LogP contribution in [0.2, 0.25) is 0 Å². The first-order valence-electron chi connectivity index (χ1n) is 10.2. The molecule has 0 saturated carbocycles. The molecule has 2 aromatic carbocycles. The highest BCUT2D eigenvalue weighted by molar-refractivity contribution is 9.10. The Labute approximate surface area is 193 Å². The van der Waals surface area contributed by atoms with E-state index in [1.807, 2.05) is 0 Å². The van der Waals surface area contributed by atoms with Crippen molar-refractivity contribution in [3.63, 3.8) is 0 Å². The molecule has 0 spiro atoms. The Hall–Kier alpha value is -3.13. The fourth-order valence-corrected chi connectivity index (χ4v) is 3.70. The van der Waals surface area contributed by atoms with Crippen molar-refractivity contribution in [1.29, 1.82) is 0 Å². The van der Waals surface area contributed by atoms with Gasteiger partial charge in [-0.05, 0) is 72.1 Å². The fraction of sp³-hybridized carbons (Fsp3) is 0.292. The lowest BCUT2D eigenvalue weighted by molar-refractivity contribution is 0.0524. The molecule has 0 aliphatic carbocycles. The number of benzene rings is 2. The number of aryl methyl sites for hydroxylation is 1. The fourth-order valence-electron chi connectivity index (χ4n) is 3.13. The molecule has 32 heavy (non-hydrogen) atoms.